The second-order valence-corrected chi connectivity index (χ2v) is 7.01. The van der Waals surface area contributed by atoms with Gasteiger partial charge in [0.2, 0.25) is 11.7 Å². The highest BCUT2D eigenvalue weighted by molar-refractivity contribution is 6.08. The van der Waals surface area contributed by atoms with Gasteiger partial charge in [0.15, 0.2) is 0 Å². The van der Waals surface area contributed by atoms with Gasteiger partial charge in [0, 0.05) is 30.2 Å². The van der Waals surface area contributed by atoms with E-state index in [9.17, 15) is 14.7 Å². The van der Waals surface area contributed by atoms with Crippen LogP contribution in [0.1, 0.15) is 11.5 Å². The maximum atomic E-state index is 12.8. The average molecular weight is 435 g/mol. The molecule has 0 saturated heterocycles. The van der Waals surface area contributed by atoms with Gasteiger partial charge in [-0.2, -0.15) is 4.98 Å². The van der Waals surface area contributed by atoms with Gasteiger partial charge in [0.05, 0.1) is 32.3 Å². The molecule has 3 aromatic rings. The molecule has 0 saturated carbocycles. The fourth-order valence-electron chi connectivity index (χ4n) is 3.38. The van der Waals surface area contributed by atoms with Crippen molar-refractivity contribution in [2.75, 3.05) is 32.1 Å². The largest absolute Gasteiger partial charge is 0.466 e. The van der Waals surface area contributed by atoms with E-state index in [0.717, 1.165) is 11.1 Å². The van der Waals surface area contributed by atoms with E-state index in [1.807, 2.05) is 24.3 Å². The number of nitrogens with one attached hydrogen (secondary N) is 1. The molecule has 1 aliphatic rings. The third kappa shape index (κ3) is 4.35. The number of amides is 1. The van der Waals surface area contributed by atoms with E-state index in [1.54, 1.807) is 24.5 Å². The standard InChI is InChI=1S/C22H21N5O5/c1-31-22(30)16-13-27(9-10-28)21(29)19(16)24-17-7-3-2-5-14(17)11-18-25-20(26-32-18)15-6-4-8-23-12-15/h2-8,12,24,28H,9-11,13H2,1H3. The van der Waals surface area contributed by atoms with Crippen LogP contribution in [0, 0.1) is 0 Å². The lowest BCUT2D eigenvalue weighted by molar-refractivity contribution is -0.136. The maximum Gasteiger partial charge on any atom is 0.337 e. The van der Waals surface area contributed by atoms with Crippen molar-refractivity contribution in [3.63, 3.8) is 0 Å². The van der Waals surface area contributed by atoms with Gasteiger partial charge in [-0.05, 0) is 23.8 Å². The summed E-state index contributed by atoms with van der Waals surface area (Å²) in [5, 5.41) is 16.3. The molecule has 0 bridgehead atoms. The summed E-state index contributed by atoms with van der Waals surface area (Å²) in [7, 11) is 1.26. The molecule has 2 aromatic heterocycles. The van der Waals surface area contributed by atoms with Crippen LogP contribution in [0.2, 0.25) is 0 Å². The molecular formula is C22H21N5O5. The predicted molar refractivity (Wildman–Crippen MR) is 113 cm³/mol. The first-order chi connectivity index (χ1) is 15.6. The summed E-state index contributed by atoms with van der Waals surface area (Å²) in [5.41, 5.74) is 2.47. The molecule has 164 valence electrons. The van der Waals surface area contributed by atoms with Crippen molar-refractivity contribution in [2.45, 2.75) is 6.42 Å². The number of β-amino-alcohol motifs (C(OH)–C–C–N with tert-alkyl or cyclic N) is 1. The molecule has 0 atom stereocenters. The van der Waals surface area contributed by atoms with Gasteiger partial charge in [0.1, 0.15) is 5.70 Å². The number of esters is 1. The Morgan fingerprint density at radius 3 is 2.88 bits per heavy atom. The number of benzene rings is 1. The molecule has 2 N–H and O–H groups in total. The van der Waals surface area contributed by atoms with Crippen molar-refractivity contribution >= 4 is 17.6 Å². The molecular weight excluding hydrogens is 414 g/mol. The molecule has 0 aliphatic carbocycles. The van der Waals surface area contributed by atoms with Crippen LogP contribution in [0.4, 0.5) is 5.69 Å². The second kappa shape index (κ2) is 9.40. The lowest BCUT2D eigenvalue weighted by Crippen LogP contribution is -2.31. The molecule has 0 radical (unpaired) electrons. The molecule has 1 amide bonds. The molecule has 0 spiro atoms. The number of anilines is 1. The van der Waals surface area contributed by atoms with Crippen LogP contribution in [-0.2, 0) is 20.7 Å². The molecule has 10 heteroatoms. The van der Waals surface area contributed by atoms with Gasteiger partial charge in [0.25, 0.3) is 5.91 Å². The molecule has 0 unspecified atom stereocenters. The number of hydrogen-bond donors (Lipinski definition) is 2. The molecule has 3 heterocycles. The molecule has 1 aliphatic heterocycles. The van der Waals surface area contributed by atoms with Crippen LogP contribution in [0.15, 0.2) is 64.6 Å². The molecule has 10 nitrogen and oxygen atoms in total. The summed E-state index contributed by atoms with van der Waals surface area (Å²) in [6.07, 6.45) is 3.62. The van der Waals surface area contributed by atoms with Crippen LogP contribution in [0.5, 0.6) is 0 Å². The number of rotatable bonds is 8. The fraction of sp³-hybridized carbons (Fsp3) is 0.227. The highest BCUT2D eigenvalue weighted by Gasteiger charge is 2.34. The Morgan fingerprint density at radius 2 is 2.12 bits per heavy atom. The average Bonchev–Trinajstić information content (AvgIpc) is 3.41. The van der Waals surface area contributed by atoms with E-state index >= 15 is 0 Å². The number of ether oxygens (including phenoxy) is 1. The Bertz CT molecular complexity index is 1160. The third-order valence-electron chi connectivity index (χ3n) is 4.96. The first kappa shape index (κ1) is 21.2. The summed E-state index contributed by atoms with van der Waals surface area (Å²) in [6.45, 7) is -0.0273. The van der Waals surface area contributed by atoms with Crippen molar-refractivity contribution in [2.24, 2.45) is 0 Å². The number of pyridine rings is 1. The van der Waals surface area contributed by atoms with Crippen molar-refractivity contribution in [3.8, 4) is 11.4 Å². The van der Waals surface area contributed by atoms with Crippen LogP contribution < -0.4 is 5.32 Å². The lowest BCUT2D eigenvalue weighted by atomic mass is 10.1. The first-order valence-electron chi connectivity index (χ1n) is 9.90. The number of methoxy groups -OCH3 is 1. The number of nitrogens with zero attached hydrogens (tertiary/aromatic N) is 4. The number of aromatic nitrogens is 3. The van der Waals surface area contributed by atoms with Crippen LogP contribution >= 0.6 is 0 Å². The Kier molecular flexibility index (Phi) is 6.22. The van der Waals surface area contributed by atoms with Crippen molar-refractivity contribution in [1.82, 2.24) is 20.0 Å². The van der Waals surface area contributed by atoms with Gasteiger partial charge in [-0.1, -0.05) is 23.4 Å². The summed E-state index contributed by atoms with van der Waals surface area (Å²) in [4.78, 5) is 34.9. The number of hydrogen-bond acceptors (Lipinski definition) is 9. The van der Waals surface area contributed by atoms with E-state index in [2.05, 4.69) is 20.4 Å². The normalized spacial score (nSPS) is 13.6. The molecule has 32 heavy (non-hydrogen) atoms. The molecule has 0 fully saturated rings. The molecule has 4 rings (SSSR count). The Labute approximate surface area is 183 Å². The predicted octanol–water partition coefficient (Wildman–Crippen LogP) is 1.40. The summed E-state index contributed by atoms with van der Waals surface area (Å²) in [6, 6.07) is 10.9. The van der Waals surface area contributed by atoms with Crippen LogP contribution in [0.3, 0.4) is 0 Å². The van der Waals surface area contributed by atoms with E-state index in [-0.39, 0.29) is 36.9 Å². The van der Waals surface area contributed by atoms with Crippen LogP contribution in [-0.4, -0.2) is 63.8 Å². The summed E-state index contributed by atoms with van der Waals surface area (Å²) in [5.74, 6) is -0.164. The van der Waals surface area contributed by atoms with Crippen molar-refractivity contribution in [1.29, 1.82) is 0 Å². The smallest absolute Gasteiger partial charge is 0.337 e. The fourth-order valence-corrected chi connectivity index (χ4v) is 3.38. The number of aliphatic hydroxyl groups excluding tert-OH is 1. The Hall–Kier alpha value is -4.05. The lowest BCUT2D eigenvalue weighted by Gasteiger charge is -2.15. The number of carbonyl (C=O) groups excluding carboxylic acids is 2. The van der Waals surface area contributed by atoms with E-state index < -0.39 is 5.97 Å². The van der Waals surface area contributed by atoms with E-state index in [4.69, 9.17) is 9.26 Å². The second-order valence-electron chi connectivity index (χ2n) is 7.01. The monoisotopic (exact) mass is 435 g/mol. The van der Waals surface area contributed by atoms with E-state index in [1.165, 1.54) is 12.0 Å². The highest BCUT2D eigenvalue weighted by Crippen LogP contribution is 2.26. The summed E-state index contributed by atoms with van der Waals surface area (Å²) >= 11 is 0. The zero-order valence-electron chi connectivity index (χ0n) is 17.3. The quantitative estimate of drug-likeness (QED) is 0.504. The minimum Gasteiger partial charge on any atom is -0.466 e. The summed E-state index contributed by atoms with van der Waals surface area (Å²) < 4.78 is 10.2. The zero-order chi connectivity index (χ0) is 22.5. The van der Waals surface area contributed by atoms with Gasteiger partial charge in [-0.15, -0.1) is 0 Å². The van der Waals surface area contributed by atoms with Gasteiger partial charge >= 0.3 is 5.97 Å². The minimum atomic E-state index is -0.600. The van der Waals surface area contributed by atoms with Crippen LogP contribution in [0.25, 0.3) is 11.4 Å². The Balaban J connectivity index is 1.59. The van der Waals surface area contributed by atoms with E-state index in [0.29, 0.717) is 23.8 Å². The first-order valence-corrected chi connectivity index (χ1v) is 9.90. The zero-order valence-corrected chi connectivity index (χ0v) is 17.3. The Morgan fingerprint density at radius 1 is 1.28 bits per heavy atom. The van der Waals surface area contributed by atoms with Gasteiger partial charge in [-0.25, -0.2) is 4.79 Å². The topological polar surface area (TPSA) is 131 Å². The number of carbonyl (C=O) groups is 2. The number of aliphatic hydroxyl groups is 1. The van der Waals surface area contributed by atoms with Gasteiger partial charge < -0.3 is 24.6 Å². The number of para-hydroxylation sites is 1. The minimum absolute atomic E-state index is 0.0642. The van der Waals surface area contributed by atoms with Gasteiger partial charge in [-0.3, -0.25) is 9.78 Å². The highest BCUT2D eigenvalue weighted by atomic mass is 16.5. The third-order valence-corrected chi connectivity index (χ3v) is 4.96. The SMILES string of the molecule is COC(=O)C1=C(Nc2ccccc2Cc2nc(-c3cccnc3)no2)C(=O)N(CCO)C1. The molecule has 1 aromatic carbocycles. The van der Waals surface area contributed by atoms with Crippen molar-refractivity contribution in [3.05, 3.63) is 71.5 Å². The van der Waals surface area contributed by atoms with Crippen molar-refractivity contribution < 1.29 is 24.0 Å². The maximum absolute atomic E-state index is 12.8.